The standard InChI is InChI=1S/C13H25NO2.CH4/c1-10(2)12(15)16-11(9-14(6)7)8-13(3,4)5;/h11H,1,8-9H2,2-7H3;1H4. The first-order valence-electron chi connectivity index (χ1n) is 5.63. The lowest BCUT2D eigenvalue weighted by Crippen LogP contribution is -2.33. The van der Waals surface area contributed by atoms with Gasteiger partial charge in [0.15, 0.2) is 0 Å². The number of carbonyl (C=O) groups excluding carboxylic acids is 1. The molecule has 0 amide bonds. The van der Waals surface area contributed by atoms with Crippen molar-refractivity contribution in [1.29, 1.82) is 0 Å². The molecule has 0 spiro atoms. The molecule has 17 heavy (non-hydrogen) atoms. The predicted octanol–water partition coefficient (Wildman–Crippen LogP) is 3.11. The van der Waals surface area contributed by atoms with Gasteiger partial charge < -0.3 is 9.64 Å². The van der Waals surface area contributed by atoms with Gasteiger partial charge in [-0.1, -0.05) is 34.8 Å². The molecule has 0 aliphatic heterocycles. The zero-order chi connectivity index (χ0) is 12.9. The number of hydrogen-bond acceptors (Lipinski definition) is 3. The molecular formula is C14H29NO2. The van der Waals surface area contributed by atoms with E-state index in [-0.39, 0.29) is 24.9 Å². The Hall–Kier alpha value is -0.830. The Bertz CT molecular complexity index is 251. The summed E-state index contributed by atoms with van der Waals surface area (Å²) in [6.45, 7) is 12.4. The first-order valence-corrected chi connectivity index (χ1v) is 5.63. The molecule has 0 saturated heterocycles. The molecule has 3 heteroatoms. The van der Waals surface area contributed by atoms with Crippen molar-refractivity contribution in [3.8, 4) is 0 Å². The minimum absolute atomic E-state index is 0. The van der Waals surface area contributed by atoms with E-state index >= 15 is 0 Å². The second-order valence-corrected chi connectivity index (χ2v) is 5.83. The molecule has 0 aromatic carbocycles. The smallest absolute Gasteiger partial charge is 0.333 e. The van der Waals surface area contributed by atoms with Gasteiger partial charge in [0.1, 0.15) is 6.10 Å². The molecule has 102 valence electrons. The van der Waals surface area contributed by atoms with Gasteiger partial charge in [-0.05, 0) is 32.9 Å². The van der Waals surface area contributed by atoms with E-state index in [2.05, 4.69) is 27.4 Å². The highest BCUT2D eigenvalue weighted by atomic mass is 16.5. The zero-order valence-corrected chi connectivity index (χ0v) is 11.5. The van der Waals surface area contributed by atoms with Crippen molar-refractivity contribution in [3.05, 3.63) is 12.2 Å². The molecule has 3 nitrogen and oxygen atoms in total. The second-order valence-electron chi connectivity index (χ2n) is 5.83. The van der Waals surface area contributed by atoms with Crippen LogP contribution in [-0.4, -0.2) is 37.6 Å². The summed E-state index contributed by atoms with van der Waals surface area (Å²) in [6.07, 6.45) is 0.781. The van der Waals surface area contributed by atoms with Crippen molar-refractivity contribution < 1.29 is 9.53 Å². The molecule has 0 N–H and O–H groups in total. The lowest BCUT2D eigenvalue weighted by atomic mass is 9.89. The van der Waals surface area contributed by atoms with Crippen molar-refractivity contribution in [2.45, 2.75) is 47.6 Å². The summed E-state index contributed by atoms with van der Waals surface area (Å²) in [7, 11) is 3.95. The van der Waals surface area contributed by atoms with E-state index in [4.69, 9.17) is 4.74 Å². The van der Waals surface area contributed by atoms with Gasteiger partial charge in [-0.3, -0.25) is 0 Å². The van der Waals surface area contributed by atoms with Crippen LogP contribution in [0.2, 0.25) is 0 Å². The molecule has 0 fully saturated rings. The number of rotatable bonds is 5. The van der Waals surface area contributed by atoms with Crippen LogP contribution in [0.1, 0.15) is 41.5 Å². The molecule has 1 atom stereocenters. The summed E-state index contributed by atoms with van der Waals surface area (Å²) in [6, 6.07) is 0. The van der Waals surface area contributed by atoms with Gasteiger partial charge in [0.05, 0.1) is 0 Å². The fraction of sp³-hybridized carbons (Fsp3) is 0.786. The van der Waals surface area contributed by atoms with Crippen LogP contribution < -0.4 is 0 Å². The van der Waals surface area contributed by atoms with Crippen LogP contribution in [-0.2, 0) is 9.53 Å². The molecule has 1 unspecified atom stereocenters. The van der Waals surface area contributed by atoms with Crippen LogP contribution in [0.3, 0.4) is 0 Å². The van der Waals surface area contributed by atoms with E-state index < -0.39 is 0 Å². The summed E-state index contributed by atoms with van der Waals surface area (Å²) in [5, 5.41) is 0. The number of hydrogen-bond donors (Lipinski definition) is 0. The van der Waals surface area contributed by atoms with Crippen molar-refractivity contribution in [2.24, 2.45) is 5.41 Å². The second kappa shape index (κ2) is 7.49. The number of esters is 1. The Labute approximate surface area is 107 Å². The Morgan fingerprint density at radius 2 is 1.82 bits per heavy atom. The Morgan fingerprint density at radius 1 is 1.35 bits per heavy atom. The molecule has 0 bridgehead atoms. The zero-order valence-electron chi connectivity index (χ0n) is 11.5. The molecular weight excluding hydrogens is 214 g/mol. The first kappa shape index (κ1) is 18.5. The molecule has 0 aliphatic rings. The SMILES string of the molecule is C.C=C(C)C(=O)OC(CN(C)C)CC(C)(C)C. The third-order valence-corrected chi connectivity index (χ3v) is 2.03. The maximum Gasteiger partial charge on any atom is 0.333 e. The lowest BCUT2D eigenvalue weighted by molar-refractivity contribution is -0.146. The molecule has 0 rings (SSSR count). The monoisotopic (exact) mass is 243 g/mol. The third kappa shape index (κ3) is 10.1. The first-order chi connectivity index (χ1) is 7.11. The van der Waals surface area contributed by atoms with Crippen LogP contribution in [0.15, 0.2) is 12.2 Å². The molecule has 0 saturated carbocycles. The summed E-state index contributed by atoms with van der Waals surface area (Å²) < 4.78 is 5.42. The topological polar surface area (TPSA) is 29.5 Å². The fourth-order valence-electron chi connectivity index (χ4n) is 1.49. The van der Waals surface area contributed by atoms with Gasteiger partial charge in [0.2, 0.25) is 0 Å². The van der Waals surface area contributed by atoms with Gasteiger partial charge in [-0.25, -0.2) is 4.79 Å². The van der Waals surface area contributed by atoms with Crippen molar-refractivity contribution >= 4 is 5.97 Å². The Balaban J connectivity index is 0. The van der Waals surface area contributed by atoms with Crippen molar-refractivity contribution in [1.82, 2.24) is 4.90 Å². The highest BCUT2D eigenvalue weighted by molar-refractivity contribution is 5.87. The van der Waals surface area contributed by atoms with Crippen LogP contribution >= 0.6 is 0 Å². The molecule has 0 radical (unpaired) electrons. The van der Waals surface area contributed by atoms with E-state index in [0.29, 0.717) is 5.57 Å². The van der Waals surface area contributed by atoms with E-state index in [1.807, 2.05) is 19.0 Å². The third-order valence-electron chi connectivity index (χ3n) is 2.03. The maximum atomic E-state index is 11.5. The lowest BCUT2D eigenvalue weighted by Gasteiger charge is -2.28. The summed E-state index contributed by atoms with van der Waals surface area (Å²) in [5.74, 6) is -0.295. The van der Waals surface area contributed by atoms with Crippen LogP contribution in [0.5, 0.6) is 0 Å². The Morgan fingerprint density at radius 3 is 2.12 bits per heavy atom. The van der Waals surface area contributed by atoms with Gasteiger partial charge in [0.25, 0.3) is 0 Å². The Kier molecular flexibility index (Phi) is 8.16. The predicted molar refractivity (Wildman–Crippen MR) is 74.1 cm³/mol. The van der Waals surface area contributed by atoms with Crippen LogP contribution in [0.25, 0.3) is 0 Å². The minimum atomic E-state index is -0.295. The molecule has 0 aromatic rings. The highest BCUT2D eigenvalue weighted by Gasteiger charge is 2.22. The summed E-state index contributed by atoms with van der Waals surface area (Å²) >= 11 is 0. The average molecular weight is 243 g/mol. The minimum Gasteiger partial charge on any atom is -0.458 e. The number of nitrogens with zero attached hydrogens (tertiary/aromatic N) is 1. The van der Waals surface area contributed by atoms with Crippen LogP contribution in [0.4, 0.5) is 0 Å². The van der Waals surface area contributed by atoms with Gasteiger partial charge in [0, 0.05) is 12.1 Å². The number of ether oxygens (including phenoxy) is 1. The molecule has 0 aromatic heterocycles. The van der Waals surface area contributed by atoms with Crippen molar-refractivity contribution in [3.63, 3.8) is 0 Å². The van der Waals surface area contributed by atoms with Gasteiger partial charge in [-0.2, -0.15) is 0 Å². The van der Waals surface area contributed by atoms with E-state index in [9.17, 15) is 4.79 Å². The highest BCUT2D eigenvalue weighted by Crippen LogP contribution is 2.23. The molecule has 0 heterocycles. The maximum absolute atomic E-state index is 11.5. The van der Waals surface area contributed by atoms with E-state index in [1.165, 1.54) is 0 Å². The average Bonchev–Trinajstić information content (AvgIpc) is 1.98. The van der Waals surface area contributed by atoms with E-state index in [0.717, 1.165) is 13.0 Å². The largest absolute Gasteiger partial charge is 0.458 e. The summed E-state index contributed by atoms with van der Waals surface area (Å²) in [5.41, 5.74) is 0.605. The molecule has 0 aliphatic carbocycles. The van der Waals surface area contributed by atoms with Gasteiger partial charge in [-0.15, -0.1) is 0 Å². The van der Waals surface area contributed by atoms with Crippen LogP contribution in [0, 0.1) is 5.41 Å². The summed E-state index contributed by atoms with van der Waals surface area (Å²) in [4.78, 5) is 13.5. The number of likely N-dealkylation sites (N-methyl/N-ethyl adjacent to an activating group) is 1. The number of carbonyl (C=O) groups is 1. The van der Waals surface area contributed by atoms with Gasteiger partial charge >= 0.3 is 5.97 Å². The normalized spacial score (nSPS) is 12.9. The quantitative estimate of drug-likeness (QED) is 0.549. The van der Waals surface area contributed by atoms with Crippen molar-refractivity contribution in [2.75, 3.05) is 20.6 Å². The van der Waals surface area contributed by atoms with E-state index in [1.54, 1.807) is 6.92 Å². The fourth-order valence-corrected chi connectivity index (χ4v) is 1.49.